The van der Waals surface area contributed by atoms with Crippen LogP contribution in [0.3, 0.4) is 0 Å². The summed E-state index contributed by atoms with van der Waals surface area (Å²) in [5.41, 5.74) is 3.62. The largest absolute Gasteiger partial charge is 0.322 e. The van der Waals surface area contributed by atoms with Crippen LogP contribution in [0.4, 0.5) is 14.5 Å². The van der Waals surface area contributed by atoms with E-state index < -0.39 is 23.1 Å². The van der Waals surface area contributed by atoms with E-state index in [2.05, 4.69) is 17.6 Å². The molecule has 2 aromatic rings. The molecule has 1 aliphatic heterocycles. The minimum Gasteiger partial charge on any atom is -0.322 e. The number of anilines is 1. The third kappa shape index (κ3) is 3.36. The van der Waals surface area contributed by atoms with E-state index in [1.165, 1.54) is 17.2 Å². The predicted octanol–water partition coefficient (Wildman–Crippen LogP) is 3.98. The molecule has 1 aliphatic rings. The quantitative estimate of drug-likeness (QED) is 0.895. The van der Waals surface area contributed by atoms with Gasteiger partial charge in [-0.3, -0.25) is 4.79 Å². The van der Waals surface area contributed by atoms with Crippen molar-refractivity contribution in [2.24, 2.45) is 0 Å². The average molecular weight is 328 g/mol. The van der Waals surface area contributed by atoms with E-state index in [1.807, 2.05) is 12.1 Å². The standard InChI is InChI=1S/C19H18F2N2O/c1-12-11-22-10-9-15(12)13-5-7-14(8-6-13)23-19(24)18-16(20)3-2-4-17(18)21/h2-8,22H,9-11H2,1H3,(H,23,24). The summed E-state index contributed by atoms with van der Waals surface area (Å²) in [5.74, 6) is -2.55. The molecule has 2 N–H and O–H groups in total. The minimum atomic E-state index is -0.875. The van der Waals surface area contributed by atoms with E-state index >= 15 is 0 Å². The summed E-state index contributed by atoms with van der Waals surface area (Å²) in [4.78, 5) is 12.1. The SMILES string of the molecule is CC1=C(c2ccc(NC(=O)c3c(F)cccc3F)cc2)CCNC1. The molecule has 0 unspecified atom stereocenters. The van der Waals surface area contributed by atoms with Crippen LogP contribution < -0.4 is 10.6 Å². The second kappa shape index (κ2) is 6.93. The Kier molecular flexibility index (Phi) is 4.71. The summed E-state index contributed by atoms with van der Waals surface area (Å²) in [6.45, 7) is 3.91. The van der Waals surface area contributed by atoms with Crippen molar-refractivity contribution < 1.29 is 13.6 Å². The lowest BCUT2D eigenvalue weighted by Crippen LogP contribution is -2.23. The highest BCUT2D eigenvalue weighted by atomic mass is 19.1. The number of hydrogen-bond acceptors (Lipinski definition) is 2. The molecule has 5 heteroatoms. The molecule has 0 fully saturated rings. The summed E-state index contributed by atoms with van der Waals surface area (Å²) >= 11 is 0. The molecule has 3 rings (SSSR count). The Morgan fingerprint density at radius 2 is 1.75 bits per heavy atom. The average Bonchev–Trinajstić information content (AvgIpc) is 2.56. The van der Waals surface area contributed by atoms with Gasteiger partial charge in [-0.15, -0.1) is 0 Å². The fourth-order valence-corrected chi connectivity index (χ4v) is 2.86. The Morgan fingerprint density at radius 1 is 1.08 bits per heavy atom. The number of rotatable bonds is 3. The molecule has 124 valence electrons. The van der Waals surface area contributed by atoms with E-state index in [-0.39, 0.29) is 0 Å². The lowest BCUT2D eigenvalue weighted by atomic mass is 9.95. The van der Waals surface area contributed by atoms with Gasteiger partial charge in [0.2, 0.25) is 0 Å². The predicted molar refractivity (Wildman–Crippen MR) is 90.8 cm³/mol. The van der Waals surface area contributed by atoms with Crippen molar-refractivity contribution in [2.45, 2.75) is 13.3 Å². The van der Waals surface area contributed by atoms with E-state index in [9.17, 15) is 13.6 Å². The number of carbonyl (C=O) groups excluding carboxylic acids is 1. The third-order valence-electron chi connectivity index (χ3n) is 4.14. The molecule has 3 nitrogen and oxygen atoms in total. The summed E-state index contributed by atoms with van der Waals surface area (Å²) in [6, 6.07) is 10.7. The second-order valence-corrected chi connectivity index (χ2v) is 5.81. The molecule has 0 saturated carbocycles. The Labute approximate surface area is 139 Å². The van der Waals surface area contributed by atoms with Crippen LogP contribution in [-0.2, 0) is 0 Å². The topological polar surface area (TPSA) is 41.1 Å². The van der Waals surface area contributed by atoms with Crippen LogP contribution in [0.25, 0.3) is 5.57 Å². The fourth-order valence-electron chi connectivity index (χ4n) is 2.86. The molecule has 24 heavy (non-hydrogen) atoms. The molecule has 2 aromatic carbocycles. The highest BCUT2D eigenvalue weighted by molar-refractivity contribution is 6.04. The molecule has 0 aromatic heterocycles. The minimum absolute atomic E-state index is 0.499. The summed E-state index contributed by atoms with van der Waals surface area (Å²) < 4.78 is 27.3. The number of carbonyl (C=O) groups is 1. The van der Waals surface area contributed by atoms with Crippen LogP contribution in [-0.4, -0.2) is 19.0 Å². The monoisotopic (exact) mass is 328 g/mol. The van der Waals surface area contributed by atoms with Crippen LogP contribution in [0.5, 0.6) is 0 Å². The van der Waals surface area contributed by atoms with Gasteiger partial charge >= 0.3 is 0 Å². The van der Waals surface area contributed by atoms with Crippen molar-refractivity contribution >= 4 is 17.2 Å². The van der Waals surface area contributed by atoms with Crippen molar-refractivity contribution in [1.29, 1.82) is 0 Å². The maximum Gasteiger partial charge on any atom is 0.261 e. The molecule has 0 atom stereocenters. The highest BCUT2D eigenvalue weighted by Crippen LogP contribution is 2.25. The second-order valence-electron chi connectivity index (χ2n) is 5.81. The van der Waals surface area contributed by atoms with Gasteiger partial charge in [-0.25, -0.2) is 8.78 Å². The maximum absolute atomic E-state index is 13.6. The van der Waals surface area contributed by atoms with Gasteiger partial charge in [0.25, 0.3) is 5.91 Å². The first-order valence-corrected chi connectivity index (χ1v) is 7.81. The lowest BCUT2D eigenvalue weighted by Gasteiger charge is -2.19. The first kappa shape index (κ1) is 16.3. The number of hydrogen-bond donors (Lipinski definition) is 2. The van der Waals surface area contributed by atoms with Gasteiger partial charge in [-0.1, -0.05) is 23.8 Å². The zero-order chi connectivity index (χ0) is 17.1. The molecular weight excluding hydrogens is 310 g/mol. The van der Waals surface area contributed by atoms with Crippen LogP contribution in [0, 0.1) is 11.6 Å². The highest BCUT2D eigenvalue weighted by Gasteiger charge is 2.17. The molecule has 1 heterocycles. The first-order chi connectivity index (χ1) is 11.6. The third-order valence-corrected chi connectivity index (χ3v) is 4.14. The van der Waals surface area contributed by atoms with Crippen LogP contribution in [0.15, 0.2) is 48.0 Å². The van der Waals surface area contributed by atoms with E-state index in [4.69, 9.17) is 0 Å². The molecule has 0 bridgehead atoms. The van der Waals surface area contributed by atoms with Crippen LogP contribution in [0.1, 0.15) is 29.3 Å². The van der Waals surface area contributed by atoms with E-state index in [0.717, 1.165) is 37.2 Å². The smallest absolute Gasteiger partial charge is 0.261 e. The van der Waals surface area contributed by atoms with Gasteiger partial charge in [0.1, 0.15) is 17.2 Å². The van der Waals surface area contributed by atoms with E-state index in [0.29, 0.717) is 5.69 Å². The lowest BCUT2D eigenvalue weighted by molar-refractivity contribution is 0.101. The number of amides is 1. The Morgan fingerprint density at radius 3 is 2.38 bits per heavy atom. The molecule has 0 radical (unpaired) electrons. The van der Waals surface area contributed by atoms with Crippen molar-refractivity contribution in [3.05, 3.63) is 70.8 Å². The van der Waals surface area contributed by atoms with Gasteiger partial charge in [-0.05, 0) is 55.3 Å². The van der Waals surface area contributed by atoms with Crippen LogP contribution >= 0.6 is 0 Å². The fraction of sp³-hybridized carbons (Fsp3) is 0.211. The molecule has 0 spiro atoms. The normalized spacial score (nSPS) is 14.6. The van der Waals surface area contributed by atoms with Crippen molar-refractivity contribution in [2.75, 3.05) is 18.4 Å². The number of benzene rings is 2. The molecule has 0 aliphatic carbocycles. The molecule has 0 saturated heterocycles. The zero-order valence-corrected chi connectivity index (χ0v) is 13.3. The Hall–Kier alpha value is -2.53. The van der Waals surface area contributed by atoms with Gasteiger partial charge in [0.15, 0.2) is 0 Å². The van der Waals surface area contributed by atoms with Crippen molar-refractivity contribution in [1.82, 2.24) is 5.32 Å². The van der Waals surface area contributed by atoms with Gasteiger partial charge in [0.05, 0.1) is 0 Å². The molecular formula is C19H18F2N2O. The van der Waals surface area contributed by atoms with Gasteiger partial charge in [-0.2, -0.15) is 0 Å². The van der Waals surface area contributed by atoms with Gasteiger partial charge < -0.3 is 10.6 Å². The first-order valence-electron chi connectivity index (χ1n) is 7.81. The Bertz CT molecular complexity index is 777. The van der Waals surface area contributed by atoms with Crippen molar-refractivity contribution in [3.8, 4) is 0 Å². The zero-order valence-electron chi connectivity index (χ0n) is 13.3. The molecule has 1 amide bonds. The Balaban J connectivity index is 1.78. The van der Waals surface area contributed by atoms with Crippen molar-refractivity contribution in [3.63, 3.8) is 0 Å². The summed E-state index contributed by atoms with van der Waals surface area (Å²) in [6.07, 6.45) is 0.956. The van der Waals surface area contributed by atoms with Crippen LogP contribution in [0.2, 0.25) is 0 Å². The summed E-state index contributed by atoms with van der Waals surface area (Å²) in [7, 11) is 0. The summed E-state index contributed by atoms with van der Waals surface area (Å²) in [5, 5.41) is 5.85. The maximum atomic E-state index is 13.6. The van der Waals surface area contributed by atoms with Gasteiger partial charge in [0, 0.05) is 12.2 Å². The number of halogens is 2. The number of nitrogens with one attached hydrogen (secondary N) is 2. The van der Waals surface area contributed by atoms with E-state index in [1.54, 1.807) is 12.1 Å².